The highest BCUT2D eigenvalue weighted by Gasteiger charge is 2.34. The molecule has 1 aliphatic rings. The number of fused-ring (bicyclic) bond motifs is 3. The number of rotatable bonds is 7. The van der Waals surface area contributed by atoms with E-state index in [9.17, 15) is 14.7 Å². The van der Waals surface area contributed by atoms with Gasteiger partial charge in [0, 0.05) is 17.5 Å². The second kappa shape index (κ2) is 9.97. The van der Waals surface area contributed by atoms with Gasteiger partial charge in [-0.15, -0.1) is 0 Å². The van der Waals surface area contributed by atoms with E-state index in [2.05, 4.69) is 6.58 Å². The van der Waals surface area contributed by atoms with Gasteiger partial charge in [-0.1, -0.05) is 24.8 Å². The van der Waals surface area contributed by atoms with Crippen molar-refractivity contribution in [2.45, 2.75) is 19.3 Å². The maximum absolute atomic E-state index is 13.6. The molecule has 1 unspecified atom stereocenters. The first-order valence-electron chi connectivity index (χ1n) is 11.9. The zero-order valence-corrected chi connectivity index (χ0v) is 21.2. The SMILES string of the molecule is C=C(C)COc1ccc(C2CC(=O)Oc3cc(O)c4c(=O)c(-c5ccc(OC)cc5)coc4c32)cc1OC. The minimum atomic E-state index is -0.520. The molecule has 1 atom stereocenters. The molecule has 0 aliphatic carbocycles. The number of carbonyl (C=O) groups is 1. The molecule has 1 aromatic heterocycles. The quantitative estimate of drug-likeness (QED) is 0.194. The number of carbonyl (C=O) groups excluding carboxylic acids is 1. The Morgan fingerprint density at radius 3 is 2.50 bits per heavy atom. The first kappa shape index (κ1) is 25.0. The van der Waals surface area contributed by atoms with Crippen molar-refractivity contribution >= 4 is 16.9 Å². The summed E-state index contributed by atoms with van der Waals surface area (Å²) in [5, 5.41) is 10.8. The van der Waals surface area contributed by atoms with Gasteiger partial charge in [0.1, 0.15) is 41.1 Å². The van der Waals surface area contributed by atoms with Gasteiger partial charge in [-0.05, 0) is 47.9 Å². The Labute approximate surface area is 218 Å². The van der Waals surface area contributed by atoms with Crippen LogP contribution < -0.4 is 24.4 Å². The number of aromatic hydroxyl groups is 1. The fourth-order valence-electron chi connectivity index (χ4n) is 4.61. The standard InChI is InChI=1S/C30H26O8/c1-16(2)14-36-23-10-7-18(11-24(23)35-4)20-12-26(32)38-25-13-22(31)28-29(33)21(15-37-30(28)27(20)25)17-5-8-19(34-3)9-6-17/h5-11,13,15,20,31H,1,12,14H2,2-4H3. The molecular formula is C30H26O8. The lowest BCUT2D eigenvalue weighted by Crippen LogP contribution is -2.22. The Morgan fingerprint density at radius 2 is 1.82 bits per heavy atom. The summed E-state index contributed by atoms with van der Waals surface area (Å²) in [5.41, 5.74) is 2.71. The average molecular weight is 515 g/mol. The van der Waals surface area contributed by atoms with Crippen molar-refractivity contribution in [2.75, 3.05) is 20.8 Å². The molecule has 1 N–H and O–H groups in total. The van der Waals surface area contributed by atoms with Crippen molar-refractivity contribution in [2.24, 2.45) is 0 Å². The van der Waals surface area contributed by atoms with Crippen molar-refractivity contribution in [1.29, 1.82) is 0 Å². The lowest BCUT2D eigenvalue weighted by molar-refractivity contribution is -0.135. The number of phenolic OH excluding ortho intramolecular Hbond substituents is 1. The maximum Gasteiger partial charge on any atom is 0.312 e. The molecule has 0 saturated carbocycles. The zero-order valence-electron chi connectivity index (χ0n) is 21.2. The number of hydrogen-bond donors (Lipinski definition) is 1. The zero-order chi connectivity index (χ0) is 27.0. The van der Waals surface area contributed by atoms with Gasteiger partial charge >= 0.3 is 5.97 Å². The lowest BCUT2D eigenvalue weighted by atomic mass is 9.84. The molecule has 0 spiro atoms. The molecule has 8 nitrogen and oxygen atoms in total. The van der Waals surface area contributed by atoms with Crippen molar-refractivity contribution < 1.29 is 33.3 Å². The van der Waals surface area contributed by atoms with E-state index in [0.717, 1.165) is 11.1 Å². The molecule has 38 heavy (non-hydrogen) atoms. The van der Waals surface area contributed by atoms with Gasteiger partial charge in [0.15, 0.2) is 11.5 Å². The molecule has 0 bridgehead atoms. The monoisotopic (exact) mass is 514 g/mol. The maximum atomic E-state index is 13.6. The Hall–Kier alpha value is -4.72. The van der Waals surface area contributed by atoms with Crippen LogP contribution in [-0.2, 0) is 4.79 Å². The number of hydrogen-bond acceptors (Lipinski definition) is 8. The van der Waals surface area contributed by atoms with E-state index >= 15 is 0 Å². The number of benzene rings is 3. The summed E-state index contributed by atoms with van der Waals surface area (Å²) in [6, 6.07) is 13.6. The van der Waals surface area contributed by atoms with Gasteiger partial charge in [-0.2, -0.15) is 0 Å². The normalized spacial score (nSPS) is 14.5. The highest BCUT2D eigenvalue weighted by molar-refractivity contribution is 5.94. The summed E-state index contributed by atoms with van der Waals surface area (Å²) < 4.78 is 28.0. The predicted molar refractivity (Wildman–Crippen MR) is 142 cm³/mol. The molecule has 4 aromatic rings. The van der Waals surface area contributed by atoms with Crippen LogP contribution in [0.15, 0.2) is 76.2 Å². The van der Waals surface area contributed by atoms with E-state index in [1.54, 1.807) is 43.5 Å². The summed E-state index contributed by atoms with van der Waals surface area (Å²) in [6.07, 6.45) is 1.36. The Balaban J connectivity index is 1.66. The van der Waals surface area contributed by atoms with Crippen molar-refractivity contribution in [1.82, 2.24) is 0 Å². The van der Waals surface area contributed by atoms with Crippen molar-refractivity contribution in [3.8, 4) is 39.9 Å². The summed E-state index contributed by atoms with van der Waals surface area (Å²) in [4.78, 5) is 26.1. The summed E-state index contributed by atoms with van der Waals surface area (Å²) in [5.74, 6) is 0.468. The first-order valence-corrected chi connectivity index (χ1v) is 11.9. The topological polar surface area (TPSA) is 104 Å². The van der Waals surface area contributed by atoms with Gasteiger partial charge in [0.25, 0.3) is 0 Å². The van der Waals surface area contributed by atoms with E-state index in [-0.39, 0.29) is 34.5 Å². The fourth-order valence-corrected chi connectivity index (χ4v) is 4.61. The van der Waals surface area contributed by atoms with E-state index in [1.807, 2.05) is 13.0 Å². The van der Waals surface area contributed by atoms with Crippen LogP contribution in [0.25, 0.3) is 22.1 Å². The number of methoxy groups -OCH3 is 2. The third-order valence-corrected chi connectivity index (χ3v) is 6.44. The van der Waals surface area contributed by atoms with E-state index in [1.165, 1.54) is 19.4 Å². The van der Waals surface area contributed by atoms with E-state index in [0.29, 0.717) is 35.0 Å². The second-order valence-electron chi connectivity index (χ2n) is 9.11. The van der Waals surface area contributed by atoms with Crippen LogP contribution in [0.5, 0.6) is 28.7 Å². The summed E-state index contributed by atoms with van der Waals surface area (Å²) >= 11 is 0. The average Bonchev–Trinajstić information content (AvgIpc) is 2.91. The molecule has 0 amide bonds. The molecule has 0 radical (unpaired) electrons. The van der Waals surface area contributed by atoms with Gasteiger partial charge < -0.3 is 28.5 Å². The fraction of sp³-hybridized carbons (Fsp3) is 0.200. The van der Waals surface area contributed by atoms with Crippen LogP contribution in [0, 0.1) is 0 Å². The largest absolute Gasteiger partial charge is 0.507 e. The molecule has 8 heteroatoms. The van der Waals surface area contributed by atoms with Crippen LogP contribution in [0.4, 0.5) is 0 Å². The Morgan fingerprint density at radius 1 is 1.05 bits per heavy atom. The predicted octanol–water partition coefficient (Wildman–Crippen LogP) is 5.58. The second-order valence-corrected chi connectivity index (χ2v) is 9.11. The van der Waals surface area contributed by atoms with Crippen LogP contribution >= 0.6 is 0 Å². The highest BCUT2D eigenvalue weighted by Crippen LogP contribution is 2.46. The minimum Gasteiger partial charge on any atom is -0.507 e. The highest BCUT2D eigenvalue weighted by atomic mass is 16.5. The third kappa shape index (κ3) is 4.45. The van der Waals surface area contributed by atoms with E-state index in [4.69, 9.17) is 23.4 Å². The van der Waals surface area contributed by atoms with Gasteiger partial charge in [-0.25, -0.2) is 0 Å². The smallest absolute Gasteiger partial charge is 0.312 e. The van der Waals surface area contributed by atoms with Crippen LogP contribution in [-0.4, -0.2) is 31.9 Å². The lowest BCUT2D eigenvalue weighted by Gasteiger charge is -2.26. The molecule has 0 fully saturated rings. The number of esters is 1. The Kier molecular flexibility index (Phi) is 6.55. The van der Waals surface area contributed by atoms with Crippen molar-refractivity contribution in [3.63, 3.8) is 0 Å². The number of ether oxygens (including phenoxy) is 4. The molecule has 3 aromatic carbocycles. The Bertz CT molecular complexity index is 1610. The van der Waals surface area contributed by atoms with Gasteiger partial charge in [-0.3, -0.25) is 9.59 Å². The van der Waals surface area contributed by atoms with Crippen LogP contribution in [0.2, 0.25) is 0 Å². The minimum absolute atomic E-state index is 0.00589. The summed E-state index contributed by atoms with van der Waals surface area (Å²) in [6.45, 7) is 6.04. The first-order chi connectivity index (χ1) is 18.3. The molecule has 1 aliphatic heterocycles. The third-order valence-electron chi connectivity index (χ3n) is 6.44. The van der Waals surface area contributed by atoms with Crippen LogP contribution in [0.1, 0.15) is 30.4 Å². The summed E-state index contributed by atoms with van der Waals surface area (Å²) in [7, 11) is 3.09. The van der Waals surface area contributed by atoms with Crippen LogP contribution in [0.3, 0.4) is 0 Å². The molecule has 194 valence electrons. The number of phenols is 1. The molecule has 0 saturated heterocycles. The molecular weight excluding hydrogens is 488 g/mol. The molecule has 2 heterocycles. The van der Waals surface area contributed by atoms with Gasteiger partial charge in [0.2, 0.25) is 5.43 Å². The van der Waals surface area contributed by atoms with Crippen molar-refractivity contribution in [3.05, 3.63) is 88.3 Å². The van der Waals surface area contributed by atoms with E-state index < -0.39 is 17.3 Å². The van der Waals surface area contributed by atoms with Gasteiger partial charge in [0.05, 0.1) is 26.2 Å². The molecule has 5 rings (SSSR count).